The second-order valence-electron chi connectivity index (χ2n) is 7.15. The molecule has 1 amide bonds. The molecule has 13 nitrogen and oxygen atoms in total. The van der Waals surface area contributed by atoms with Crippen LogP contribution in [0.3, 0.4) is 0 Å². The number of hydrogen-bond acceptors (Lipinski definition) is 9. The van der Waals surface area contributed by atoms with E-state index in [4.69, 9.17) is 15.9 Å². The van der Waals surface area contributed by atoms with E-state index in [9.17, 15) is 19.2 Å². The third-order valence-electron chi connectivity index (χ3n) is 4.75. The van der Waals surface area contributed by atoms with Crippen LogP contribution in [-0.4, -0.2) is 63.2 Å². The number of nitrogens with zero attached hydrogens (tertiary/aromatic N) is 1. The van der Waals surface area contributed by atoms with Gasteiger partial charge in [0, 0.05) is 30.8 Å². The second-order valence-corrected chi connectivity index (χ2v) is 7.15. The molecule has 2 aromatic rings. The van der Waals surface area contributed by atoms with E-state index in [-0.39, 0.29) is 73.2 Å². The van der Waals surface area contributed by atoms with E-state index < -0.39 is 23.9 Å². The molecule has 1 aliphatic heterocycles. The van der Waals surface area contributed by atoms with Crippen molar-refractivity contribution in [3.8, 4) is 0 Å². The molecule has 0 spiro atoms. The molecule has 0 radical (unpaired) electrons. The molecule has 2 heterocycles. The number of aromatic nitrogens is 2. The summed E-state index contributed by atoms with van der Waals surface area (Å²) in [4.78, 5) is 52.6. The number of carboxylic acid groups (broad SMARTS) is 2. The maximum Gasteiger partial charge on any atom is 0.326 e. The minimum atomic E-state index is -1.30. The lowest BCUT2D eigenvalue weighted by molar-refractivity contribution is -0.140. The van der Waals surface area contributed by atoms with Crippen molar-refractivity contribution in [1.29, 1.82) is 0 Å². The zero-order valence-corrected chi connectivity index (χ0v) is 20.5. The van der Waals surface area contributed by atoms with Crippen LogP contribution in [0.4, 0.5) is 23.1 Å². The van der Waals surface area contributed by atoms with E-state index in [0.29, 0.717) is 30.3 Å². The van der Waals surface area contributed by atoms with Gasteiger partial charge in [0.2, 0.25) is 5.95 Å². The Bertz CT molecular complexity index is 1080. The SMILES string of the molecule is Cl.Cl.Cl.Nc1nc2c(c(=O)[nH]1)NC(CNc1ccc(C(=O)N[C@@H](CCC(=O)O)C(=O)O)cc1)CN2. The minimum Gasteiger partial charge on any atom is -0.481 e. The number of benzene rings is 1. The van der Waals surface area contributed by atoms with Crippen LogP contribution >= 0.6 is 37.2 Å². The summed E-state index contributed by atoms with van der Waals surface area (Å²) >= 11 is 0. The third kappa shape index (κ3) is 8.70. The van der Waals surface area contributed by atoms with E-state index in [1.165, 1.54) is 12.1 Å². The molecular weight excluding hydrogens is 529 g/mol. The van der Waals surface area contributed by atoms with Crippen LogP contribution in [0.25, 0.3) is 0 Å². The number of amides is 1. The summed E-state index contributed by atoms with van der Waals surface area (Å²) in [7, 11) is 0. The highest BCUT2D eigenvalue weighted by Gasteiger charge is 2.23. The van der Waals surface area contributed by atoms with Crippen LogP contribution in [0.5, 0.6) is 0 Å². The minimum absolute atomic E-state index is 0. The topological polar surface area (TPSA) is 212 Å². The summed E-state index contributed by atoms with van der Waals surface area (Å²) in [6.45, 7) is 0.960. The van der Waals surface area contributed by atoms with Gasteiger partial charge in [0.1, 0.15) is 11.7 Å². The Balaban J connectivity index is 0.00000385. The predicted molar refractivity (Wildman–Crippen MR) is 138 cm³/mol. The van der Waals surface area contributed by atoms with E-state index in [0.717, 1.165) is 0 Å². The molecule has 35 heavy (non-hydrogen) atoms. The van der Waals surface area contributed by atoms with Crippen LogP contribution < -0.4 is 32.6 Å². The fourth-order valence-corrected chi connectivity index (χ4v) is 3.10. The number of nitrogen functional groups attached to an aromatic ring is 1. The molecule has 16 heteroatoms. The average Bonchev–Trinajstić information content (AvgIpc) is 2.75. The van der Waals surface area contributed by atoms with E-state index >= 15 is 0 Å². The van der Waals surface area contributed by atoms with Crippen molar-refractivity contribution in [2.24, 2.45) is 0 Å². The molecule has 2 atom stereocenters. The largest absolute Gasteiger partial charge is 0.481 e. The Morgan fingerprint density at radius 3 is 2.40 bits per heavy atom. The number of rotatable bonds is 9. The number of aromatic amines is 1. The summed E-state index contributed by atoms with van der Waals surface area (Å²) in [6, 6.07) is 4.93. The molecule has 1 aliphatic rings. The van der Waals surface area contributed by atoms with Crippen molar-refractivity contribution in [3.05, 3.63) is 40.2 Å². The Morgan fingerprint density at radius 1 is 1.14 bits per heavy atom. The van der Waals surface area contributed by atoms with Crippen molar-refractivity contribution in [2.45, 2.75) is 24.9 Å². The molecule has 194 valence electrons. The van der Waals surface area contributed by atoms with Crippen LogP contribution in [0, 0.1) is 0 Å². The second kappa shape index (κ2) is 14.1. The van der Waals surface area contributed by atoms with Gasteiger partial charge >= 0.3 is 11.9 Å². The standard InChI is InChI=1S/C19H23N7O6.3ClH/c20-19-25-15-14(17(30)26-19)23-11(8-22-15)7-21-10-3-1-9(2-4-10)16(29)24-12(18(31)32)5-6-13(27)28;;;/h1-4,11-12,21,23H,5-8H2,(H,24,29)(H,27,28)(H,31,32)(H4,20,22,25,26,30);3*1H/t11?,12-;;;/m0.../s1. The van der Waals surface area contributed by atoms with Crippen molar-refractivity contribution < 1.29 is 24.6 Å². The van der Waals surface area contributed by atoms with Crippen molar-refractivity contribution in [1.82, 2.24) is 15.3 Å². The monoisotopic (exact) mass is 553 g/mol. The summed E-state index contributed by atoms with van der Waals surface area (Å²) in [5.74, 6) is -2.64. The number of aliphatic carboxylic acids is 2. The smallest absolute Gasteiger partial charge is 0.326 e. The Labute approximate surface area is 217 Å². The normalized spacial score (nSPS) is 14.1. The van der Waals surface area contributed by atoms with Gasteiger partial charge in [-0.3, -0.25) is 19.4 Å². The number of H-pyrrole nitrogens is 1. The molecule has 1 unspecified atom stereocenters. The molecule has 0 fully saturated rings. The molecular formula is C19H26Cl3N7O6. The van der Waals surface area contributed by atoms with E-state index in [2.05, 4.69) is 31.2 Å². The highest BCUT2D eigenvalue weighted by Crippen LogP contribution is 2.20. The number of halogens is 3. The predicted octanol–water partition coefficient (Wildman–Crippen LogP) is 0.983. The van der Waals surface area contributed by atoms with Gasteiger partial charge in [0.05, 0.1) is 6.04 Å². The lowest BCUT2D eigenvalue weighted by Gasteiger charge is -2.27. The highest BCUT2D eigenvalue weighted by molar-refractivity contribution is 5.97. The van der Waals surface area contributed by atoms with Gasteiger partial charge in [-0.1, -0.05) is 0 Å². The van der Waals surface area contributed by atoms with E-state index in [1.807, 2.05) is 0 Å². The van der Waals surface area contributed by atoms with Gasteiger partial charge in [-0.05, 0) is 30.7 Å². The van der Waals surface area contributed by atoms with E-state index in [1.54, 1.807) is 12.1 Å². The first-order chi connectivity index (χ1) is 15.2. The maximum atomic E-state index is 12.3. The molecule has 9 N–H and O–H groups in total. The molecule has 1 aromatic heterocycles. The number of nitrogens with one attached hydrogen (secondary N) is 5. The molecule has 3 rings (SSSR count). The zero-order valence-electron chi connectivity index (χ0n) is 18.1. The van der Waals surface area contributed by atoms with Crippen LogP contribution in [0.2, 0.25) is 0 Å². The maximum absolute atomic E-state index is 12.3. The number of carboxylic acids is 2. The van der Waals surface area contributed by atoms with Gasteiger partial charge in [0.25, 0.3) is 11.5 Å². The highest BCUT2D eigenvalue weighted by atomic mass is 35.5. The average molecular weight is 555 g/mol. The van der Waals surface area contributed by atoms with Crippen LogP contribution in [0.1, 0.15) is 23.2 Å². The Hall–Kier alpha value is -3.42. The van der Waals surface area contributed by atoms with Crippen molar-refractivity contribution >= 4 is 78.2 Å². The first-order valence-corrected chi connectivity index (χ1v) is 9.72. The molecule has 0 bridgehead atoms. The van der Waals surface area contributed by atoms with Gasteiger partial charge in [0.15, 0.2) is 5.82 Å². The fourth-order valence-electron chi connectivity index (χ4n) is 3.10. The zero-order chi connectivity index (χ0) is 23.3. The number of fused-ring (bicyclic) bond motifs is 1. The third-order valence-corrected chi connectivity index (χ3v) is 4.75. The number of hydrogen-bond donors (Lipinski definition) is 8. The Kier molecular flexibility index (Phi) is 12.7. The Morgan fingerprint density at radius 2 is 1.80 bits per heavy atom. The van der Waals surface area contributed by atoms with Crippen molar-refractivity contribution in [3.63, 3.8) is 0 Å². The quantitative estimate of drug-likeness (QED) is 0.219. The van der Waals surface area contributed by atoms with Gasteiger partial charge in [-0.2, -0.15) is 4.98 Å². The number of carbonyl (C=O) groups excluding carboxylic acids is 1. The molecule has 0 aliphatic carbocycles. The first-order valence-electron chi connectivity index (χ1n) is 9.72. The van der Waals surface area contributed by atoms with Gasteiger partial charge in [-0.15, -0.1) is 37.2 Å². The molecule has 1 aromatic carbocycles. The summed E-state index contributed by atoms with van der Waals surface area (Å²) in [6.07, 6.45) is -0.587. The van der Waals surface area contributed by atoms with Crippen LogP contribution in [-0.2, 0) is 9.59 Å². The number of anilines is 4. The molecule has 0 saturated carbocycles. The van der Waals surface area contributed by atoms with Crippen LogP contribution in [0.15, 0.2) is 29.1 Å². The summed E-state index contributed by atoms with van der Waals surface area (Å²) < 4.78 is 0. The summed E-state index contributed by atoms with van der Waals surface area (Å²) in [5.41, 5.74) is 6.40. The number of nitrogens with two attached hydrogens (primary N) is 1. The van der Waals surface area contributed by atoms with Crippen molar-refractivity contribution in [2.75, 3.05) is 34.8 Å². The van der Waals surface area contributed by atoms with Gasteiger partial charge < -0.3 is 37.2 Å². The first kappa shape index (κ1) is 31.6. The fraction of sp³-hybridized carbons (Fsp3) is 0.316. The lowest BCUT2D eigenvalue weighted by atomic mass is 10.1. The van der Waals surface area contributed by atoms with Gasteiger partial charge in [-0.25, -0.2) is 4.79 Å². The summed E-state index contributed by atoms with van der Waals surface area (Å²) in [5, 5.41) is 29.5. The number of carbonyl (C=O) groups is 3. The molecule has 0 saturated heterocycles. The lowest BCUT2D eigenvalue weighted by Crippen LogP contribution is -2.41.